The minimum Gasteiger partial charge on any atom is -0.493 e. The fourth-order valence-electron chi connectivity index (χ4n) is 4.67. The highest BCUT2D eigenvalue weighted by Crippen LogP contribution is 2.28. The molecule has 0 radical (unpaired) electrons. The van der Waals surface area contributed by atoms with Gasteiger partial charge in [0.2, 0.25) is 0 Å². The average Bonchev–Trinajstić information content (AvgIpc) is 2.84. The number of nitrogens with one attached hydrogen (secondary N) is 1. The molecule has 7 heteroatoms. The van der Waals surface area contributed by atoms with Gasteiger partial charge in [0.05, 0.1) is 20.3 Å². The predicted molar refractivity (Wildman–Crippen MR) is 128 cm³/mol. The van der Waals surface area contributed by atoms with Gasteiger partial charge < -0.3 is 29.5 Å². The van der Waals surface area contributed by atoms with Gasteiger partial charge >= 0.3 is 0 Å². The van der Waals surface area contributed by atoms with Crippen LogP contribution in [0.1, 0.15) is 44.1 Å². The van der Waals surface area contributed by atoms with Crippen LogP contribution in [-0.2, 0) is 11.3 Å². The minimum atomic E-state index is -0.514. The summed E-state index contributed by atoms with van der Waals surface area (Å²) < 4.78 is 16.8. The SMILES string of the molecule is COc1cc(CNCCCN2CCOCC2)ccc1OCC(O)CN(C)C1CCCCC1. The van der Waals surface area contributed by atoms with E-state index in [0.29, 0.717) is 24.1 Å². The smallest absolute Gasteiger partial charge is 0.161 e. The van der Waals surface area contributed by atoms with Crippen molar-refractivity contribution >= 4 is 0 Å². The number of aliphatic hydroxyl groups is 1. The molecule has 0 aromatic heterocycles. The average molecular weight is 450 g/mol. The van der Waals surface area contributed by atoms with Crippen LogP contribution in [0.25, 0.3) is 0 Å². The number of methoxy groups -OCH3 is 1. The molecule has 7 nitrogen and oxygen atoms in total. The van der Waals surface area contributed by atoms with E-state index in [4.69, 9.17) is 14.2 Å². The molecule has 182 valence electrons. The Kier molecular flexibility index (Phi) is 11.1. The number of rotatable bonds is 13. The lowest BCUT2D eigenvalue weighted by Gasteiger charge is -2.32. The van der Waals surface area contributed by atoms with Crippen LogP contribution in [0.4, 0.5) is 0 Å². The summed E-state index contributed by atoms with van der Waals surface area (Å²) in [4.78, 5) is 4.75. The molecule has 2 fully saturated rings. The van der Waals surface area contributed by atoms with Gasteiger partial charge in [-0.05, 0) is 57.1 Å². The molecule has 2 N–H and O–H groups in total. The summed E-state index contributed by atoms with van der Waals surface area (Å²) in [6, 6.07) is 6.62. The topological polar surface area (TPSA) is 66.4 Å². The molecule has 1 atom stereocenters. The van der Waals surface area contributed by atoms with E-state index in [9.17, 15) is 5.11 Å². The summed E-state index contributed by atoms with van der Waals surface area (Å²) in [5.41, 5.74) is 1.16. The number of aliphatic hydroxyl groups excluding tert-OH is 1. The Labute approximate surface area is 194 Å². The van der Waals surface area contributed by atoms with Crippen molar-refractivity contribution in [2.45, 2.75) is 57.2 Å². The summed E-state index contributed by atoms with van der Waals surface area (Å²) in [6.45, 7) is 7.62. The maximum Gasteiger partial charge on any atom is 0.161 e. The fourth-order valence-corrected chi connectivity index (χ4v) is 4.67. The van der Waals surface area contributed by atoms with Crippen LogP contribution in [0, 0.1) is 0 Å². The molecule has 2 aliphatic rings. The molecule has 1 aromatic rings. The van der Waals surface area contributed by atoms with E-state index in [0.717, 1.165) is 57.9 Å². The predicted octanol–water partition coefficient (Wildman–Crippen LogP) is 2.51. The Hall–Kier alpha value is -1.38. The quantitative estimate of drug-likeness (QED) is 0.449. The first-order valence-corrected chi connectivity index (χ1v) is 12.3. The summed E-state index contributed by atoms with van der Waals surface area (Å²) in [7, 11) is 3.78. The first kappa shape index (κ1) is 25.2. The zero-order valence-corrected chi connectivity index (χ0v) is 20.1. The van der Waals surface area contributed by atoms with Crippen molar-refractivity contribution in [2.24, 2.45) is 0 Å². The van der Waals surface area contributed by atoms with E-state index in [2.05, 4.69) is 28.2 Å². The van der Waals surface area contributed by atoms with Gasteiger partial charge in [-0.1, -0.05) is 25.3 Å². The zero-order chi connectivity index (χ0) is 22.6. The van der Waals surface area contributed by atoms with Gasteiger partial charge in [0.1, 0.15) is 12.7 Å². The molecule has 1 aliphatic heterocycles. The van der Waals surface area contributed by atoms with Crippen molar-refractivity contribution in [1.82, 2.24) is 15.1 Å². The maximum absolute atomic E-state index is 10.5. The van der Waals surface area contributed by atoms with Crippen LogP contribution in [0.15, 0.2) is 18.2 Å². The lowest BCUT2D eigenvalue weighted by Crippen LogP contribution is -2.40. The third-order valence-electron chi connectivity index (χ3n) is 6.62. The molecule has 0 amide bonds. The molecular formula is C25H43N3O4. The normalized spacial score (nSPS) is 19.2. The van der Waals surface area contributed by atoms with Gasteiger partial charge in [-0.2, -0.15) is 0 Å². The Morgan fingerprint density at radius 2 is 1.97 bits per heavy atom. The monoisotopic (exact) mass is 449 g/mol. The third kappa shape index (κ3) is 8.52. The van der Waals surface area contributed by atoms with E-state index in [1.165, 1.54) is 32.1 Å². The second-order valence-electron chi connectivity index (χ2n) is 9.17. The van der Waals surface area contributed by atoms with Crippen molar-refractivity contribution in [3.8, 4) is 11.5 Å². The Balaban J connectivity index is 1.36. The number of hydrogen-bond donors (Lipinski definition) is 2. The first-order chi connectivity index (χ1) is 15.7. The number of morpholine rings is 1. The lowest BCUT2D eigenvalue weighted by atomic mass is 9.94. The molecule has 0 spiro atoms. The highest BCUT2D eigenvalue weighted by Gasteiger charge is 2.20. The molecule has 3 rings (SSSR count). The van der Waals surface area contributed by atoms with E-state index < -0.39 is 6.10 Å². The maximum atomic E-state index is 10.5. The number of hydrogen-bond acceptors (Lipinski definition) is 7. The van der Waals surface area contributed by atoms with Crippen LogP contribution in [0.5, 0.6) is 11.5 Å². The summed E-state index contributed by atoms with van der Waals surface area (Å²) in [5.74, 6) is 1.40. The Bertz CT molecular complexity index is 648. The van der Waals surface area contributed by atoms with E-state index in [-0.39, 0.29) is 6.61 Å². The van der Waals surface area contributed by atoms with E-state index >= 15 is 0 Å². The molecule has 1 unspecified atom stereocenters. The number of likely N-dealkylation sites (N-methyl/N-ethyl adjacent to an activating group) is 1. The molecule has 32 heavy (non-hydrogen) atoms. The van der Waals surface area contributed by atoms with Crippen molar-refractivity contribution in [2.75, 3.05) is 66.7 Å². The summed E-state index contributed by atoms with van der Waals surface area (Å²) in [5, 5.41) is 14.0. The Morgan fingerprint density at radius 1 is 1.19 bits per heavy atom. The number of nitrogens with zero attached hydrogens (tertiary/aromatic N) is 2. The van der Waals surface area contributed by atoms with Crippen LogP contribution >= 0.6 is 0 Å². The van der Waals surface area contributed by atoms with Crippen LogP contribution in [-0.4, -0.2) is 93.8 Å². The van der Waals surface area contributed by atoms with E-state index in [1.54, 1.807) is 7.11 Å². The van der Waals surface area contributed by atoms with Gasteiger partial charge in [0.15, 0.2) is 11.5 Å². The highest BCUT2D eigenvalue weighted by molar-refractivity contribution is 5.43. The minimum absolute atomic E-state index is 0.270. The van der Waals surface area contributed by atoms with Crippen LogP contribution in [0.2, 0.25) is 0 Å². The number of ether oxygens (including phenoxy) is 3. The molecule has 1 saturated heterocycles. The molecule has 1 saturated carbocycles. The van der Waals surface area contributed by atoms with Crippen LogP contribution < -0.4 is 14.8 Å². The third-order valence-corrected chi connectivity index (χ3v) is 6.62. The van der Waals surface area contributed by atoms with Crippen molar-refractivity contribution in [3.63, 3.8) is 0 Å². The Morgan fingerprint density at radius 3 is 2.72 bits per heavy atom. The summed E-state index contributed by atoms with van der Waals surface area (Å²) in [6.07, 6.45) is 7.03. The fraction of sp³-hybridized carbons (Fsp3) is 0.760. The molecule has 1 aliphatic carbocycles. The summed E-state index contributed by atoms with van der Waals surface area (Å²) >= 11 is 0. The van der Waals surface area contributed by atoms with Gasteiger partial charge in [-0.3, -0.25) is 4.90 Å². The van der Waals surface area contributed by atoms with Gasteiger partial charge in [0, 0.05) is 32.2 Å². The first-order valence-electron chi connectivity index (χ1n) is 12.3. The molecule has 1 aromatic carbocycles. The van der Waals surface area contributed by atoms with Crippen molar-refractivity contribution in [1.29, 1.82) is 0 Å². The number of benzene rings is 1. The van der Waals surface area contributed by atoms with Crippen LogP contribution in [0.3, 0.4) is 0 Å². The molecule has 0 bridgehead atoms. The van der Waals surface area contributed by atoms with Gasteiger partial charge in [0.25, 0.3) is 0 Å². The zero-order valence-electron chi connectivity index (χ0n) is 20.1. The lowest BCUT2D eigenvalue weighted by molar-refractivity contribution is 0.0374. The largest absolute Gasteiger partial charge is 0.493 e. The second-order valence-corrected chi connectivity index (χ2v) is 9.17. The van der Waals surface area contributed by atoms with Crippen molar-refractivity contribution < 1.29 is 19.3 Å². The standard InChI is InChI=1S/C25H43N3O4/c1-27(22-7-4-3-5-8-22)19-23(29)20-32-24-10-9-21(17-25(24)30-2)18-26-11-6-12-28-13-15-31-16-14-28/h9-10,17,22-23,26,29H,3-8,11-16,18-20H2,1-2H3. The van der Waals surface area contributed by atoms with E-state index in [1.807, 2.05) is 12.1 Å². The molecular weight excluding hydrogens is 406 g/mol. The van der Waals surface area contributed by atoms with Gasteiger partial charge in [-0.25, -0.2) is 0 Å². The van der Waals surface area contributed by atoms with Gasteiger partial charge in [-0.15, -0.1) is 0 Å². The second kappa shape index (κ2) is 14.0. The highest BCUT2D eigenvalue weighted by atomic mass is 16.5. The molecule has 1 heterocycles. The van der Waals surface area contributed by atoms with Crippen molar-refractivity contribution in [3.05, 3.63) is 23.8 Å².